The summed E-state index contributed by atoms with van der Waals surface area (Å²) in [5.74, 6) is 3.46. The number of fused-ring (bicyclic) bond motifs is 5. The predicted octanol–water partition coefficient (Wildman–Crippen LogP) is 1.90. The molecule has 308 valence electrons. The summed E-state index contributed by atoms with van der Waals surface area (Å²) in [5.41, 5.74) is 2.09. The number of rotatable bonds is 2. The highest BCUT2D eigenvalue weighted by atomic mass is 16.6. The van der Waals surface area contributed by atoms with Crippen molar-refractivity contribution in [3.63, 3.8) is 0 Å². The molecule has 0 aromatic carbocycles. The van der Waals surface area contributed by atoms with Gasteiger partial charge >= 0.3 is 11.9 Å². The maximum atomic E-state index is 11.6. The van der Waals surface area contributed by atoms with Crippen molar-refractivity contribution in [2.45, 2.75) is 167 Å². The van der Waals surface area contributed by atoms with Gasteiger partial charge in [0.25, 0.3) is 0 Å². The summed E-state index contributed by atoms with van der Waals surface area (Å²) in [6.07, 6.45) is 6.77. The normalized spacial score (nSPS) is 45.6. The molecule has 0 aromatic heterocycles. The Hall–Kier alpha value is -1.72. The molecule has 16 atom stereocenters. The monoisotopic (exact) mass is 760 g/mol. The van der Waals surface area contributed by atoms with Crippen LogP contribution in [-0.2, 0) is 28.5 Å². The van der Waals surface area contributed by atoms with Crippen LogP contribution in [0.4, 0.5) is 0 Å². The van der Waals surface area contributed by atoms with Crippen molar-refractivity contribution in [2.75, 3.05) is 13.2 Å². The molecule has 7 aliphatic rings. The number of esters is 2. The van der Waals surface area contributed by atoms with Gasteiger partial charge in [-0.25, -0.2) is 4.79 Å². The van der Waals surface area contributed by atoms with Crippen LogP contribution in [0.15, 0.2) is 11.6 Å². The maximum absolute atomic E-state index is 11.6. The average molecular weight is 761 g/mol. The Bertz CT molecular complexity index is 1160. The Morgan fingerprint density at radius 1 is 0.792 bits per heavy atom. The van der Waals surface area contributed by atoms with E-state index in [1.165, 1.54) is 57.4 Å². The van der Waals surface area contributed by atoms with Gasteiger partial charge in [-0.2, -0.15) is 0 Å². The van der Waals surface area contributed by atoms with E-state index >= 15 is 0 Å². The molecule has 0 amide bonds. The Labute approximate surface area is 314 Å². The van der Waals surface area contributed by atoms with Gasteiger partial charge in [0.1, 0.15) is 18.8 Å². The van der Waals surface area contributed by atoms with E-state index < -0.39 is 49.2 Å². The number of aliphatic hydroxyl groups excluding tert-OH is 7. The molecule has 4 aliphatic carbocycles. The molecular formula is C39H68O14. The van der Waals surface area contributed by atoms with Gasteiger partial charge in [0, 0.05) is 25.8 Å². The third kappa shape index (κ3) is 10.8. The summed E-state index contributed by atoms with van der Waals surface area (Å²) in [6, 6.07) is 0. The van der Waals surface area contributed by atoms with E-state index in [9.17, 15) is 14.7 Å². The van der Waals surface area contributed by atoms with Crippen molar-refractivity contribution in [1.29, 1.82) is 0 Å². The second-order valence-corrected chi connectivity index (χ2v) is 16.7. The molecular weight excluding hydrogens is 692 g/mol. The van der Waals surface area contributed by atoms with Crippen LogP contribution >= 0.6 is 0 Å². The average Bonchev–Trinajstić information content (AvgIpc) is 3.65. The Morgan fingerprint density at radius 2 is 1.34 bits per heavy atom. The van der Waals surface area contributed by atoms with Crippen LogP contribution < -0.4 is 0 Å². The first-order valence-electron chi connectivity index (χ1n) is 19.5. The summed E-state index contributed by atoms with van der Waals surface area (Å²) in [4.78, 5) is 21.4. The molecule has 0 aromatic rings. The lowest BCUT2D eigenvalue weighted by molar-refractivity contribution is -0.226. The van der Waals surface area contributed by atoms with Crippen molar-refractivity contribution in [2.24, 2.45) is 40.4 Å². The molecule has 6 fully saturated rings. The van der Waals surface area contributed by atoms with E-state index in [-0.39, 0.29) is 36.4 Å². The SMILES string of the molecule is CCOC(C)=O.C[C@H]1OC(O)C[C@H](O)[C@@H]1O.C[C@H]1OC(O)C[C@H](O)[C@@H]1O.C[C@]12CC[C@H](O)C[C@H]1CC[C@@H]1[C@@H]2CC[C@]2(C)[C@@H](C3=CC(=O)OC3)CC[C@@H]12.O. The smallest absolute Gasteiger partial charge is 0.331 e. The van der Waals surface area contributed by atoms with Crippen molar-refractivity contribution >= 4 is 11.9 Å². The van der Waals surface area contributed by atoms with Gasteiger partial charge < -0.3 is 60.2 Å². The number of carbonyl (C=O) groups excluding carboxylic acids is 2. The lowest BCUT2D eigenvalue weighted by Gasteiger charge is -2.61. The van der Waals surface area contributed by atoms with Gasteiger partial charge in [0.2, 0.25) is 0 Å². The van der Waals surface area contributed by atoms with Gasteiger partial charge in [-0.3, -0.25) is 4.79 Å². The zero-order valence-corrected chi connectivity index (χ0v) is 32.4. The van der Waals surface area contributed by atoms with Gasteiger partial charge in [-0.05, 0) is 125 Å². The lowest BCUT2D eigenvalue weighted by Crippen LogP contribution is -2.54. The summed E-state index contributed by atoms with van der Waals surface area (Å²) < 4.78 is 19.3. The quantitative estimate of drug-likeness (QED) is 0.199. The van der Waals surface area contributed by atoms with Gasteiger partial charge in [-0.1, -0.05) is 13.8 Å². The summed E-state index contributed by atoms with van der Waals surface area (Å²) >= 11 is 0. The lowest BCUT2D eigenvalue weighted by atomic mass is 9.44. The van der Waals surface area contributed by atoms with E-state index in [2.05, 4.69) is 18.6 Å². The second kappa shape index (κ2) is 19.4. The molecule has 4 saturated carbocycles. The number of aliphatic hydroxyl groups is 7. The second-order valence-electron chi connectivity index (χ2n) is 16.7. The van der Waals surface area contributed by atoms with Gasteiger partial charge in [0.05, 0.1) is 37.1 Å². The molecule has 0 spiro atoms. The van der Waals surface area contributed by atoms with Crippen LogP contribution in [0.25, 0.3) is 0 Å². The first kappa shape index (κ1) is 45.7. The highest BCUT2D eigenvalue weighted by Gasteiger charge is 2.60. The summed E-state index contributed by atoms with van der Waals surface area (Å²) in [7, 11) is 0. The topological polar surface area (TPSA) is 244 Å². The van der Waals surface area contributed by atoms with E-state index in [4.69, 9.17) is 44.8 Å². The van der Waals surface area contributed by atoms with Crippen LogP contribution in [-0.4, -0.2) is 122 Å². The molecule has 7 rings (SSSR count). The number of ether oxygens (including phenoxy) is 4. The summed E-state index contributed by atoms with van der Waals surface area (Å²) in [6.45, 7) is 12.5. The Kier molecular flexibility index (Phi) is 16.7. The molecule has 0 bridgehead atoms. The van der Waals surface area contributed by atoms with Crippen molar-refractivity contribution in [1.82, 2.24) is 0 Å². The molecule has 53 heavy (non-hydrogen) atoms. The van der Waals surface area contributed by atoms with Crippen molar-refractivity contribution < 1.29 is 69.8 Å². The zero-order chi connectivity index (χ0) is 38.5. The molecule has 14 nitrogen and oxygen atoms in total. The Morgan fingerprint density at radius 3 is 1.81 bits per heavy atom. The minimum atomic E-state index is -0.937. The first-order valence-corrected chi connectivity index (χ1v) is 19.5. The largest absolute Gasteiger partial charge is 0.466 e. The fourth-order valence-corrected chi connectivity index (χ4v) is 10.7. The fraction of sp³-hybridized carbons (Fsp3) is 0.897. The van der Waals surface area contributed by atoms with Gasteiger partial charge in [-0.15, -0.1) is 0 Å². The molecule has 0 radical (unpaired) electrons. The molecule has 3 aliphatic heterocycles. The van der Waals surface area contributed by atoms with Crippen LogP contribution in [0.3, 0.4) is 0 Å². The van der Waals surface area contributed by atoms with E-state index in [0.717, 1.165) is 36.5 Å². The number of hydrogen-bond acceptors (Lipinski definition) is 13. The molecule has 2 unspecified atom stereocenters. The van der Waals surface area contributed by atoms with Crippen molar-refractivity contribution in [3.05, 3.63) is 11.6 Å². The third-order valence-electron chi connectivity index (χ3n) is 13.5. The number of cyclic esters (lactones) is 1. The first-order chi connectivity index (χ1) is 24.4. The minimum Gasteiger partial charge on any atom is -0.466 e. The van der Waals surface area contributed by atoms with Crippen LogP contribution in [0, 0.1) is 40.4 Å². The zero-order valence-electron chi connectivity index (χ0n) is 32.4. The molecule has 2 saturated heterocycles. The fourth-order valence-electron chi connectivity index (χ4n) is 10.7. The van der Waals surface area contributed by atoms with E-state index in [0.29, 0.717) is 30.0 Å². The van der Waals surface area contributed by atoms with Crippen LogP contribution in [0.5, 0.6) is 0 Å². The molecule has 3 heterocycles. The minimum absolute atomic E-state index is 0. The van der Waals surface area contributed by atoms with Gasteiger partial charge in [0.15, 0.2) is 12.6 Å². The van der Waals surface area contributed by atoms with Crippen LogP contribution in [0.2, 0.25) is 0 Å². The Balaban J connectivity index is 0.000000231. The highest BCUT2D eigenvalue weighted by molar-refractivity contribution is 5.85. The predicted molar refractivity (Wildman–Crippen MR) is 193 cm³/mol. The van der Waals surface area contributed by atoms with E-state index in [1.54, 1.807) is 26.8 Å². The summed E-state index contributed by atoms with van der Waals surface area (Å²) in [5, 5.41) is 64.1. The van der Waals surface area contributed by atoms with E-state index in [1.807, 2.05) is 0 Å². The third-order valence-corrected chi connectivity index (χ3v) is 13.5. The van der Waals surface area contributed by atoms with Crippen LogP contribution in [0.1, 0.15) is 112 Å². The standard InChI is InChI=1S/C23H34O3.2C6H12O4.C4H8O2.H2O/c1-22-9-7-16(24)12-15(22)3-4-17-19-6-5-18(14-11-21(25)26-13-14)23(19,2)10-8-20(17)22;2*1-3-6(9)4(7)2-5(8)10-3;1-3-6-4(2)5;/h11,15-20,24H,3-10,12-13H2,1-2H3;2*3-9H,2H2,1H3;3H2,1-2H3;1H2/t15-,16+,17+,18-,19+,20+,22+,23-;2*3-,4+,5?,6-;;/m111../s1. The number of hydrogen-bond donors (Lipinski definition) is 7. The van der Waals surface area contributed by atoms with Crippen molar-refractivity contribution in [3.8, 4) is 0 Å². The molecule has 9 N–H and O–H groups in total. The number of carbonyl (C=O) groups is 2. The maximum Gasteiger partial charge on any atom is 0.331 e. The highest BCUT2D eigenvalue weighted by Crippen LogP contribution is 2.68. The molecule has 14 heteroatoms.